The first-order valence-corrected chi connectivity index (χ1v) is 5.75. The van der Waals surface area contributed by atoms with Crippen LogP contribution in [0.15, 0.2) is 48.5 Å². The van der Waals surface area contributed by atoms with Crippen molar-refractivity contribution in [2.75, 3.05) is 0 Å². The molecule has 2 aromatic rings. The van der Waals surface area contributed by atoms with Gasteiger partial charge in [0.2, 0.25) is 0 Å². The summed E-state index contributed by atoms with van der Waals surface area (Å²) in [6, 6.07) is 14.8. The lowest BCUT2D eigenvalue weighted by Gasteiger charge is -2.04. The van der Waals surface area contributed by atoms with E-state index in [0.29, 0.717) is 6.42 Å². The highest BCUT2D eigenvalue weighted by Gasteiger charge is 2.01. The van der Waals surface area contributed by atoms with E-state index in [1.54, 1.807) is 12.1 Å². The van der Waals surface area contributed by atoms with E-state index < -0.39 is 5.97 Å². The van der Waals surface area contributed by atoms with Crippen molar-refractivity contribution in [3.63, 3.8) is 0 Å². The largest absolute Gasteiger partial charge is 0.508 e. The number of aryl methyl sites for hydroxylation is 1. The molecule has 0 unspecified atom stereocenters. The second-order valence-corrected chi connectivity index (χ2v) is 4.14. The van der Waals surface area contributed by atoms with Crippen LogP contribution in [0.3, 0.4) is 0 Å². The maximum atomic E-state index is 10.5. The van der Waals surface area contributed by atoms with Gasteiger partial charge in [-0.2, -0.15) is 0 Å². The van der Waals surface area contributed by atoms with E-state index in [2.05, 4.69) is 0 Å². The molecule has 0 atom stereocenters. The molecule has 2 aromatic carbocycles. The fourth-order valence-corrected chi connectivity index (χ4v) is 1.77. The number of aliphatic carboxylic acids is 1. The zero-order valence-electron chi connectivity index (χ0n) is 9.84. The van der Waals surface area contributed by atoms with E-state index in [9.17, 15) is 9.90 Å². The van der Waals surface area contributed by atoms with Crippen molar-refractivity contribution in [1.29, 1.82) is 0 Å². The highest BCUT2D eigenvalue weighted by molar-refractivity contribution is 5.67. The smallest absolute Gasteiger partial charge is 0.303 e. The molecule has 0 aromatic heterocycles. The van der Waals surface area contributed by atoms with Crippen LogP contribution in [0.2, 0.25) is 0 Å². The van der Waals surface area contributed by atoms with Gasteiger partial charge in [0.25, 0.3) is 0 Å². The Labute approximate surface area is 105 Å². The van der Waals surface area contributed by atoms with Gasteiger partial charge in [-0.1, -0.05) is 36.4 Å². The lowest BCUT2D eigenvalue weighted by molar-refractivity contribution is -0.136. The molecule has 18 heavy (non-hydrogen) atoms. The summed E-state index contributed by atoms with van der Waals surface area (Å²) in [4.78, 5) is 10.5. The van der Waals surface area contributed by atoms with Crippen LogP contribution in [-0.4, -0.2) is 16.2 Å². The van der Waals surface area contributed by atoms with Gasteiger partial charge in [-0.25, -0.2) is 0 Å². The van der Waals surface area contributed by atoms with Gasteiger partial charge in [-0.15, -0.1) is 0 Å². The monoisotopic (exact) mass is 242 g/mol. The van der Waals surface area contributed by atoms with Gasteiger partial charge in [0.15, 0.2) is 0 Å². The summed E-state index contributed by atoms with van der Waals surface area (Å²) < 4.78 is 0. The topological polar surface area (TPSA) is 57.5 Å². The summed E-state index contributed by atoms with van der Waals surface area (Å²) in [5.41, 5.74) is 3.09. The van der Waals surface area contributed by atoms with Crippen molar-refractivity contribution in [1.82, 2.24) is 0 Å². The van der Waals surface area contributed by atoms with Gasteiger partial charge in [0.1, 0.15) is 5.75 Å². The molecule has 0 aliphatic carbocycles. The highest BCUT2D eigenvalue weighted by atomic mass is 16.4. The Kier molecular flexibility index (Phi) is 3.63. The second kappa shape index (κ2) is 5.36. The third kappa shape index (κ3) is 3.10. The van der Waals surface area contributed by atoms with Crippen LogP contribution in [0.5, 0.6) is 5.75 Å². The van der Waals surface area contributed by atoms with Crippen LogP contribution in [0, 0.1) is 0 Å². The lowest BCUT2D eigenvalue weighted by Crippen LogP contribution is -1.97. The molecular formula is C15H14O3. The van der Waals surface area contributed by atoms with Crippen LogP contribution < -0.4 is 0 Å². The van der Waals surface area contributed by atoms with Gasteiger partial charge in [0.05, 0.1) is 0 Å². The number of rotatable bonds is 4. The van der Waals surface area contributed by atoms with Crippen molar-refractivity contribution < 1.29 is 15.0 Å². The van der Waals surface area contributed by atoms with E-state index in [-0.39, 0.29) is 12.2 Å². The molecule has 2 rings (SSSR count). The summed E-state index contributed by atoms with van der Waals surface area (Å²) in [6.07, 6.45) is 0.698. The third-order valence-electron chi connectivity index (χ3n) is 2.78. The Morgan fingerprint density at radius 3 is 1.89 bits per heavy atom. The zero-order chi connectivity index (χ0) is 13.0. The minimum atomic E-state index is -0.780. The summed E-state index contributed by atoms with van der Waals surface area (Å²) >= 11 is 0. The molecule has 3 nitrogen and oxygen atoms in total. The normalized spacial score (nSPS) is 10.2. The number of benzene rings is 2. The van der Waals surface area contributed by atoms with Gasteiger partial charge in [0, 0.05) is 6.42 Å². The summed E-state index contributed by atoms with van der Waals surface area (Å²) in [7, 11) is 0. The lowest BCUT2D eigenvalue weighted by atomic mass is 10.0. The first-order valence-electron chi connectivity index (χ1n) is 5.75. The maximum absolute atomic E-state index is 10.5. The van der Waals surface area contributed by atoms with Crippen molar-refractivity contribution in [3.05, 3.63) is 54.1 Å². The van der Waals surface area contributed by atoms with Crippen molar-refractivity contribution in [2.45, 2.75) is 12.8 Å². The van der Waals surface area contributed by atoms with E-state index in [0.717, 1.165) is 16.7 Å². The molecule has 0 radical (unpaired) electrons. The number of carbonyl (C=O) groups is 1. The van der Waals surface area contributed by atoms with E-state index in [1.165, 1.54) is 0 Å². The molecule has 0 saturated heterocycles. The number of carboxylic acids is 1. The fraction of sp³-hybridized carbons (Fsp3) is 0.133. The fourth-order valence-electron chi connectivity index (χ4n) is 1.77. The highest BCUT2D eigenvalue weighted by Crippen LogP contribution is 2.22. The first-order chi connectivity index (χ1) is 8.65. The number of phenolic OH excluding ortho intramolecular Hbond substituents is 1. The van der Waals surface area contributed by atoms with Gasteiger partial charge < -0.3 is 10.2 Å². The summed E-state index contributed by atoms with van der Waals surface area (Å²) in [6.45, 7) is 0. The Bertz CT molecular complexity index is 527. The number of hydrogen-bond acceptors (Lipinski definition) is 2. The Morgan fingerprint density at radius 1 is 0.889 bits per heavy atom. The molecule has 0 amide bonds. The Balaban J connectivity index is 2.12. The number of hydrogen-bond donors (Lipinski definition) is 2. The summed E-state index contributed by atoms with van der Waals surface area (Å²) in [5.74, 6) is -0.533. The second-order valence-electron chi connectivity index (χ2n) is 4.14. The van der Waals surface area contributed by atoms with E-state index in [1.807, 2.05) is 36.4 Å². The average Bonchev–Trinajstić information content (AvgIpc) is 2.38. The minimum Gasteiger partial charge on any atom is -0.508 e. The number of carboxylic acid groups (broad SMARTS) is 1. The number of phenols is 1. The standard InChI is InChI=1S/C15H14O3/c16-14-8-6-13(7-9-14)12-4-1-11(2-5-12)3-10-15(17)18/h1-2,4-9,16H,3,10H2,(H,17,18). The molecule has 0 saturated carbocycles. The molecule has 0 aliphatic heterocycles. The van der Waals surface area contributed by atoms with Gasteiger partial charge in [-0.3, -0.25) is 4.79 Å². The molecule has 3 heteroatoms. The SMILES string of the molecule is O=C(O)CCc1ccc(-c2ccc(O)cc2)cc1. The average molecular weight is 242 g/mol. The molecule has 0 fully saturated rings. The summed E-state index contributed by atoms with van der Waals surface area (Å²) in [5, 5.41) is 17.8. The van der Waals surface area contributed by atoms with Crippen LogP contribution >= 0.6 is 0 Å². The van der Waals surface area contributed by atoms with E-state index in [4.69, 9.17) is 5.11 Å². The van der Waals surface area contributed by atoms with Crippen molar-refractivity contribution in [3.8, 4) is 16.9 Å². The molecular weight excluding hydrogens is 228 g/mol. The molecule has 0 spiro atoms. The predicted octanol–water partition coefficient (Wildman–Crippen LogP) is 3.08. The molecule has 0 aliphatic rings. The molecule has 0 heterocycles. The quantitative estimate of drug-likeness (QED) is 0.866. The molecule has 92 valence electrons. The maximum Gasteiger partial charge on any atom is 0.303 e. The molecule has 0 bridgehead atoms. The van der Waals surface area contributed by atoms with Crippen LogP contribution in [0.1, 0.15) is 12.0 Å². The first kappa shape index (κ1) is 12.2. The van der Waals surface area contributed by atoms with Crippen molar-refractivity contribution >= 4 is 5.97 Å². The van der Waals surface area contributed by atoms with Gasteiger partial charge in [-0.05, 0) is 35.2 Å². The number of aromatic hydroxyl groups is 1. The molecule has 2 N–H and O–H groups in total. The van der Waals surface area contributed by atoms with Crippen LogP contribution in [-0.2, 0) is 11.2 Å². The van der Waals surface area contributed by atoms with E-state index >= 15 is 0 Å². The predicted molar refractivity (Wildman–Crippen MR) is 69.5 cm³/mol. The van der Waals surface area contributed by atoms with Gasteiger partial charge >= 0.3 is 5.97 Å². The minimum absolute atomic E-state index is 0.151. The van der Waals surface area contributed by atoms with Crippen LogP contribution in [0.4, 0.5) is 0 Å². The van der Waals surface area contributed by atoms with Crippen LogP contribution in [0.25, 0.3) is 11.1 Å². The Hall–Kier alpha value is -2.29. The van der Waals surface area contributed by atoms with Crippen molar-refractivity contribution in [2.24, 2.45) is 0 Å². The third-order valence-corrected chi connectivity index (χ3v) is 2.78. The Morgan fingerprint density at radius 2 is 1.39 bits per heavy atom. The zero-order valence-corrected chi connectivity index (χ0v) is 9.84.